The van der Waals surface area contributed by atoms with Gasteiger partial charge in [0.15, 0.2) is 11.5 Å². The van der Waals surface area contributed by atoms with E-state index in [1.165, 1.54) is 12.1 Å². The highest BCUT2D eigenvalue weighted by molar-refractivity contribution is 5.55. The highest BCUT2D eigenvalue weighted by Crippen LogP contribution is 2.41. The van der Waals surface area contributed by atoms with Crippen LogP contribution >= 0.6 is 0 Å². The molecule has 2 aliphatic heterocycles. The maximum absolute atomic E-state index is 13.4. The smallest absolute Gasteiger partial charge is 0.231 e. The second kappa shape index (κ2) is 8.77. The van der Waals surface area contributed by atoms with Crippen LogP contribution in [-0.4, -0.2) is 51.7 Å². The number of halogens is 1. The maximum atomic E-state index is 13.4. The van der Waals surface area contributed by atoms with E-state index < -0.39 is 0 Å². The first-order valence-electron chi connectivity index (χ1n) is 9.49. The van der Waals surface area contributed by atoms with Crippen LogP contribution in [0, 0.1) is 5.82 Å². The van der Waals surface area contributed by atoms with Gasteiger partial charge in [0.1, 0.15) is 5.82 Å². The lowest BCUT2D eigenvalue weighted by Gasteiger charge is -2.35. The number of hydrogen-bond donors (Lipinski definition) is 1. The van der Waals surface area contributed by atoms with Gasteiger partial charge in [0.2, 0.25) is 12.5 Å². The summed E-state index contributed by atoms with van der Waals surface area (Å²) in [6.45, 7) is 4.78. The van der Waals surface area contributed by atoms with Crippen molar-refractivity contribution in [3.8, 4) is 17.2 Å². The van der Waals surface area contributed by atoms with Crippen LogP contribution in [-0.2, 0) is 11.3 Å². The minimum atomic E-state index is -0.218. The van der Waals surface area contributed by atoms with Crippen LogP contribution in [0.3, 0.4) is 0 Å². The predicted octanol–water partition coefficient (Wildman–Crippen LogP) is 2.73. The van der Waals surface area contributed by atoms with Crippen molar-refractivity contribution in [3.63, 3.8) is 0 Å². The molecule has 7 heteroatoms. The van der Waals surface area contributed by atoms with Crippen molar-refractivity contribution in [2.24, 2.45) is 0 Å². The number of methoxy groups -OCH3 is 1. The Balaban J connectivity index is 1.45. The first-order valence-corrected chi connectivity index (χ1v) is 9.49. The van der Waals surface area contributed by atoms with Crippen LogP contribution in [0.5, 0.6) is 17.2 Å². The number of fused-ring (bicyclic) bond motifs is 1. The average molecular weight is 388 g/mol. The quantitative estimate of drug-likeness (QED) is 0.787. The molecule has 0 bridgehead atoms. The van der Waals surface area contributed by atoms with E-state index in [0.717, 1.165) is 44.0 Å². The van der Waals surface area contributed by atoms with Crippen molar-refractivity contribution in [1.82, 2.24) is 10.2 Å². The van der Waals surface area contributed by atoms with Crippen LogP contribution in [0.15, 0.2) is 36.4 Å². The fourth-order valence-electron chi connectivity index (χ4n) is 3.67. The van der Waals surface area contributed by atoms with Gasteiger partial charge >= 0.3 is 0 Å². The molecule has 2 heterocycles. The zero-order valence-corrected chi connectivity index (χ0v) is 15.9. The molecule has 1 unspecified atom stereocenters. The van der Waals surface area contributed by atoms with Crippen LogP contribution in [0.4, 0.5) is 4.39 Å². The van der Waals surface area contributed by atoms with Gasteiger partial charge in [-0.15, -0.1) is 0 Å². The third kappa shape index (κ3) is 4.22. The fourth-order valence-corrected chi connectivity index (χ4v) is 3.67. The van der Waals surface area contributed by atoms with Crippen molar-refractivity contribution in [3.05, 3.63) is 53.3 Å². The molecule has 4 rings (SSSR count). The Morgan fingerprint density at radius 3 is 2.68 bits per heavy atom. The molecule has 0 saturated carbocycles. The first-order chi connectivity index (χ1) is 13.7. The number of nitrogens with zero attached hydrogens (tertiary/aromatic N) is 1. The number of nitrogens with one attached hydrogen (secondary N) is 1. The minimum absolute atomic E-state index is 0.153. The van der Waals surface area contributed by atoms with E-state index in [0.29, 0.717) is 23.8 Å². The summed E-state index contributed by atoms with van der Waals surface area (Å²) in [6, 6.07) is 10.8. The van der Waals surface area contributed by atoms with Gasteiger partial charge in [-0.3, -0.25) is 4.90 Å². The molecule has 6 nitrogen and oxygen atoms in total. The Bertz CT molecular complexity index is 794. The predicted molar refractivity (Wildman–Crippen MR) is 102 cm³/mol. The molecule has 28 heavy (non-hydrogen) atoms. The topological polar surface area (TPSA) is 52.2 Å². The van der Waals surface area contributed by atoms with E-state index in [1.54, 1.807) is 7.11 Å². The van der Waals surface area contributed by atoms with Crippen LogP contribution in [0.25, 0.3) is 0 Å². The van der Waals surface area contributed by atoms with E-state index >= 15 is 0 Å². The normalized spacial score (nSPS) is 17.5. The highest BCUT2D eigenvalue weighted by Gasteiger charge is 2.23. The highest BCUT2D eigenvalue weighted by atomic mass is 19.1. The molecule has 0 aliphatic carbocycles. The van der Waals surface area contributed by atoms with Gasteiger partial charge in [0, 0.05) is 32.2 Å². The lowest BCUT2D eigenvalue weighted by Crippen LogP contribution is -2.42. The maximum Gasteiger partial charge on any atom is 0.231 e. The summed E-state index contributed by atoms with van der Waals surface area (Å²) in [6.07, 6.45) is 0. The molecule has 1 N–H and O–H groups in total. The van der Waals surface area contributed by atoms with Gasteiger partial charge in [0.05, 0.1) is 20.3 Å². The summed E-state index contributed by atoms with van der Waals surface area (Å²) >= 11 is 0. The Kier molecular flexibility index (Phi) is 5.95. The van der Waals surface area contributed by atoms with E-state index in [4.69, 9.17) is 18.9 Å². The summed E-state index contributed by atoms with van der Waals surface area (Å²) in [5, 5.41) is 3.53. The number of benzene rings is 2. The molecule has 0 spiro atoms. The van der Waals surface area contributed by atoms with Gasteiger partial charge in [0.25, 0.3) is 0 Å². The van der Waals surface area contributed by atoms with E-state index in [2.05, 4.69) is 10.2 Å². The molecule has 0 aromatic heterocycles. The molecule has 1 atom stereocenters. The molecule has 1 saturated heterocycles. The molecule has 2 aliphatic rings. The molecule has 0 amide bonds. The lowest BCUT2D eigenvalue weighted by atomic mass is 10.0. The fraction of sp³-hybridized carbons (Fsp3) is 0.429. The van der Waals surface area contributed by atoms with Crippen molar-refractivity contribution < 1.29 is 23.3 Å². The Morgan fingerprint density at radius 1 is 1.14 bits per heavy atom. The Morgan fingerprint density at radius 2 is 1.93 bits per heavy atom. The van der Waals surface area contributed by atoms with Gasteiger partial charge in [-0.25, -0.2) is 4.39 Å². The van der Waals surface area contributed by atoms with Gasteiger partial charge in [-0.2, -0.15) is 0 Å². The van der Waals surface area contributed by atoms with Crippen molar-refractivity contribution in [2.75, 3.05) is 46.8 Å². The van der Waals surface area contributed by atoms with E-state index in [-0.39, 0.29) is 18.7 Å². The largest absolute Gasteiger partial charge is 0.493 e. The Hall–Kier alpha value is -2.35. The SMILES string of the molecule is COc1cc(CNCC(c2ccc(F)cc2)N2CCOCC2)cc2c1OCO2. The Labute approximate surface area is 164 Å². The molecular formula is C21H25FN2O4. The number of hydrogen-bond acceptors (Lipinski definition) is 6. The first kappa shape index (κ1) is 19.0. The summed E-state index contributed by atoms with van der Waals surface area (Å²) in [4.78, 5) is 2.38. The summed E-state index contributed by atoms with van der Waals surface area (Å²) < 4.78 is 35.2. The summed E-state index contributed by atoms with van der Waals surface area (Å²) in [7, 11) is 1.62. The second-order valence-electron chi connectivity index (χ2n) is 6.88. The number of morpholine rings is 1. The molecule has 150 valence electrons. The molecule has 2 aromatic rings. The zero-order chi connectivity index (χ0) is 19.3. The van der Waals surface area contributed by atoms with Gasteiger partial charge < -0.3 is 24.3 Å². The number of rotatable bonds is 7. The van der Waals surface area contributed by atoms with Crippen LogP contribution in [0.1, 0.15) is 17.2 Å². The number of ether oxygens (including phenoxy) is 4. The standard InChI is InChI=1S/C21H25FN2O4/c1-25-19-10-15(11-20-21(19)28-14-27-20)12-23-13-18(24-6-8-26-9-7-24)16-2-4-17(22)5-3-16/h2-5,10-11,18,23H,6-9,12-14H2,1H3. The van der Waals surface area contributed by atoms with Crippen molar-refractivity contribution in [1.29, 1.82) is 0 Å². The third-order valence-electron chi connectivity index (χ3n) is 5.13. The van der Waals surface area contributed by atoms with Gasteiger partial charge in [-0.1, -0.05) is 12.1 Å². The summed E-state index contributed by atoms with van der Waals surface area (Å²) in [5.41, 5.74) is 2.15. The molecule has 0 radical (unpaired) electrons. The second-order valence-corrected chi connectivity index (χ2v) is 6.88. The zero-order valence-electron chi connectivity index (χ0n) is 15.9. The van der Waals surface area contributed by atoms with E-state index in [1.807, 2.05) is 24.3 Å². The van der Waals surface area contributed by atoms with Crippen molar-refractivity contribution >= 4 is 0 Å². The van der Waals surface area contributed by atoms with Gasteiger partial charge in [-0.05, 0) is 35.4 Å². The molecular weight excluding hydrogens is 363 g/mol. The monoisotopic (exact) mass is 388 g/mol. The molecule has 2 aromatic carbocycles. The van der Waals surface area contributed by atoms with Crippen LogP contribution < -0.4 is 19.5 Å². The third-order valence-corrected chi connectivity index (χ3v) is 5.13. The minimum Gasteiger partial charge on any atom is -0.493 e. The average Bonchev–Trinajstić information content (AvgIpc) is 3.21. The van der Waals surface area contributed by atoms with Crippen LogP contribution in [0.2, 0.25) is 0 Å². The molecule has 1 fully saturated rings. The van der Waals surface area contributed by atoms with E-state index in [9.17, 15) is 4.39 Å². The van der Waals surface area contributed by atoms with Crippen molar-refractivity contribution in [2.45, 2.75) is 12.6 Å². The lowest BCUT2D eigenvalue weighted by molar-refractivity contribution is 0.0161. The summed E-state index contributed by atoms with van der Waals surface area (Å²) in [5.74, 6) is 1.82.